The van der Waals surface area contributed by atoms with Gasteiger partial charge in [-0.1, -0.05) is 6.07 Å². The fourth-order valence-corrected chi connectivity index (χ4v) is 3.77. The molecule has 0 radical (unpaired) electrons. The molecule has 1 aromatic heterocycles. The first kappa shape index (κ1) is 14.9. The Morgan fingerprint density at radius 2 is 2.33 bits per heavy atom. The van der Waals surface area contributed by atoms with Crippen molar-refractivity contribution in [3.8, 4) is 0 Å². The van der Waals surface area contributed by atoms with Gasteiger partial charge in [-0.15, -0.1) is 0 Å². The summed E-state index contributed by atoms with van der Waals surface area (Å²) >= 11 is 0. The van der Waals surface area contributed by atoms with E-state index in [1.54, 1.807) is 0 Å². The van der Waals surface area contributed by atoms with Crippen molar-refractivity contribution >= 4 is 0 Å². The van der Waals surface area contributed by atoms with Crippen LogP contribution in [-0.2, 0) is 11.3 Å². The number of hydrogen-bond acceptors (Lipinski definition) is 4. The Balaban J connectivity index is 1.57. The number of aromatic nitrogens is 1. The molecule has 0 aromatic carbocycles. The number of likely N-dealkylation sites (tertiary alicyclic amines) is 1. The first-order chi connectivity index (χ1) is 10.2. The van der Waals surface area contributed by atoms with Crippen molar-refractivity contribution in [1.82, 2.24) is 14.8 Å². The number of ether oxygens (including phenoxy) is 1. The first-order valence-corrected chi connectivity index (χ1v) is 8.09. The molecule has 0 amide bonds. The van der Waals surface area contributed by atoms with E-state index in [-0.39, 0.29) is 5.60 Å². The number of likely N-dealkylation sites (N-methyl/N-ethyl adjacent to an activating group) is 1. The van der Waals surface area contributed by atoms with E-state index in [9.17, 15) is 0 Å². The van der Waals surface area contributed by atoms with E-state index in [0.29, 0.717) is 6.10 Å². The minimum atomic E-state index is 0.112. The minimum Gasteiger partial charge on any atom is -0.369 e. The van der Waals surface area contributed by atoms with Gasteiger partial charge in [-0.05, 0) is 51.4 Å². The third-order valence-corrected chi connectivity index (χ3v) is 4.67. The van der Waals surface area contributed by atoms with E-state index < -0.39 is 0 Å². The Labute approximate surface area is 128 Å². The highest BCUT2D eigenvalue weighted by Crippen LogP contribution is 2.37. The second-order valence-corrected chi connectivity index (χ2v) is 6.90. The maximum absolute atomic E-state index is 6.51. The highest BCUT2D eigenvalue weighted by atomic mass is 16.5. The van der Waals surface area contributed by atoms with Crippen LogP contribution in [0.25, 0.3) is 0 Å². The van der Waals surface area contributed by atoms with Crippen LogP contribution in [0.4, 0.5) is 0 Å². The van der Waals surface area contributed by atoms with E-state index in [0.717, 1.165) is 26.2 Å². The molecule has 2 atom stereocenters. The lowest BCUT2D eigenvalue weighted by Gasteiger charge is -2.39. The average Bonchev–Trinajstić information content (AvgIpc) is 2.81. The fourth-order valence-electron chi connectivity index (χ4n) is 3.77. The summed E-state index contributed by atoms with van der Waals surface area (Å²) in [6.45, 7) is 4.26. The summed E-state index contributed by atoms with van der Waals surface area (Å²) in [4.78, 5) is 8.98. The van der Waals surface area contributed by atoms with Gasteiger partial charge >= 0.3 is 0 Å². The summed E-state index contributed by atoms with van der Waals surface area (Å²) < 4.78 is 6.51. The summed E-state index contributed by atoms with van der Waals surface area (Å²) in [7, 11) is 4.27. The molecule has 2 fully saturated rings. The van der Waals surface area contributed by atoms with Gasteiger partial charge < -0.3 is 9.64 Å². The lowest BCUT2D eigenvalue weighted by molar-refractivity contribution is -0.126. The highest BCUT2D eigenvalue weighted by Gasteiger charge is 2.42. The summed E-state index contributed by atoms with van der Waals surface area (Å²) in [5.41, 5.74) is 1.41. The van der Waals surface area contributed by atoms with Gasteiger partial charge in [0.05, 0.1) is 11.7 Å². The predicted molar refractivity (Wildman–Crippen MR) is 84.1 cm³/mol. The molecule has 0 bridgehead atoms. The monoisotopic (exact) mass is 289 g/mol. The van der Waals surface area contributed by atoms with Gasteiger partial charge in [-0.25, -0.2) is 0 Å². The van der Waals surface area contributed by atoms with Crippen LogP contribution >= 0.6 is 0 Å². The smallest absolute Gasteiger partial charge is 0.0825 e. The molecular formula is C17H27N3O. The fraction of sp³-hybridized carbons (Fsp3) is 0.706. The molecule has 3 heterocycles. The van der Waals surface area contributed by atoms with Crippen molar-refractivity contribution in [1.29, 1.82) is 0 Å². The van der Waals surface area contributed by atoms with Gasteiger partial charge in [0.25, 0.3) is 0 Å². The molecule has 116 valence electrons. The lowest BCUT2D eigenvalue weighted by Crippen LogP contribution is -2.45. The molecule has 3 rings (SSSR count). The summed E-state index contributed by atoms with van der Waals surface area (Å²) in [5, 5.41) is 0. The molecule has 4 nitrogen and oxygen atoms in total. The molecule has 21 heavy (non-hydrogen) atoms. The lowest BCUT2D eigenvalue weighted by atomic mass is 9.90. The molecule has 4 heteroatoms. The second kappa shape index (κ2) is 6.42. The molecule has 2 saturated heterocycles. The van der Waals surface area contributed by atoms with Gasteiger partial charge in [0.15, 0.2) is 0 Å². The van der Waals surface area contributed by atoms with Gasteiger partial charge in [-0.2, -0.15) is 0 Å². The van der Waals surface area contributed by atoms with Crippen molar-refractivity contribution < 1.29 is 4.74 Å². The standard InChI is InChI=1S/C17H27N3O/c1-19(2)13-16-6-3-7-17(21-16)8-10-20(14-17)12-15-5-4-9-18-11-15/h4-5,9,11,16H,3,6-8,10,12-14H2,1-2H3/t16-,17-/m1/s1. The highest BCUT2D eigenvalue weighted by molar-refractivity contribution is 5.09. The van der Waals surface area contributed by atoms with E-state index in [4.69, 9.17) is 4.74 Å². The van der Waals surface area contributed by atoms with Gasteiger partial charge in [0, 0.05) is 38.6 Å². The van der Waals surface area contributed by atoms with Crippen LogP contribution in [0, 0.1) is 0 Å². The Kier molecular flexibility index (Phi) is 4.57. The SMILES string of the molecule is CN(C)C[C@H]1CCC[C@]2(CCN(Cc3cccnc3)C2)O1. The number of hydrogen-bond donors (Lipinski definition) is 0. The largest absolute Gasteiger partial charge is 0.369 e. The summed E-state index contributed by atoms with van der Waals surface area (Å²) in [6, 6.07) is 4.18. The van der Waals surface area contributed by atoms with Crippen LogP contribution in [0.1, 0.15) is 31.2 Å². The van der Waals surface area contributed by atoms with E-state index in [1.165, 1.54) is 31.2 Å². The predicted octanol–water partition coefficient (Wildman–Crippen LogP) is 2.16. The molecule has 2 aliphatic rings. The minimum absolute atomic E-state index is 0.112. The Hall–Kier alpha value is -0.970. The maximum Gasteiger partial charge on any atom is 0.0825 e. The van der Waals surface area contributed by atoms with Gasteiger partial charge in [0.2, 0.25) is 0 Å². The van der Waals surface area contributed by atoms with Crippen LogP contribution in [-0.4, -0.2) is 60.2 Å². The van der Waals surface area contributed by atoms with E-state index in [2.05, 4.69) is 34.9 Å². The summed E-state index contributed by atoms with van der Waals surface area (Å²) in [6.07, 6.45) is 9.14. The average molecular weight is 289 g/mol. The van der Waals surface area contributed by atoms with Crippen LogP contribution in [0.5, 0.6) is 0 Å². The molecule has 0 N–H and O–H groups in total. The quantitative estimate of drug-likeness (QED) is 0.849. The van der Waals surface area contributed by atoms with Crippen molar-refractivity contribution in [2.75, 3.05) is 33.7 Å². The van der Waals surface area contributed by atoms with Crippen molar-refractivity contribution in [3.05, 3.63) is 30.1 Å². The third kappa shape index (κ3) is 3.82. The molecule has 0 saturated carbocycles. The third-order valence-electron chi connectivity index (χ3n) is 4.67. The molecule has 1 spiro atoms. The first-order valence-electron chi connectivity index (χ1n) is 8.09. The van der Waals surface area contributed by atoms with E-state index in [1.807, 2.05) is 18.5 Å². The number of nitrogens with zero attached hydrogens (tertiary/aromatic N) is 3. The zero-order valence-electron chi connectivity index (χ0n) is 13.3. The molecule has 2 aliphatic heterocycles. The molecular weight excluding hydrogens is 262 g/mol. The van der Waals surface area contributed by atoms with Crippen LogP contribution in [0.2, 0.25) is 0 Å². The molecule has 0 aliphatic carbocycles. The zero-order chi connectivity index (χ0) is 14.7. The zero-order valence-corrected chi connectivity index (χ0v) is 13.3. The van der Waals surface area contributed by atoms with Crippen LogP contribution in [0.15, 0.2) is 24.5 Å². The van der Waals surface area contributed by atoms with Crippen molar-refractivity contribution in [3.63, 3.8) is 0 Å². The van der Waals surface area contributed by atoms with Crippen LogP contribution < -0.4 is 0 Å². The molecule has 1 aromatic rings. The van der Waals surface area contributed by atoms with E-state index >= 15 is 0 Å². The van der Waals surface area contributed by atoms with Gasteiger partial charge in [-0.3, -0.25) is 9.88 Å². The van der Waals surface area contributed by atoms with Crippen LogP contribution in [0.3, 0.4) is 0 Å². The number of pyridine rings is 1. The number of rotatable bonds is 4. The topological polar surface area (TPSA) is 28.6 Å². The Morgan fingerprint density at radius 3 is 3.10 bits per heavy atom. The Morgan fingerprint density at radius 1 is 1.43 bits per heavy atom. The van der Waals surface area contributed by atoms with Gasteiger partial charge in [0.1, 0.15) is 0 Å². The van der Waals surface area contributed by atoms with Crippen molar-refractivity contribution in [2.45, 2.75) is 43.9 Å². The molecule has 0 unspecified atom stereocenters. The Bertz CT molecular complexity index is 451. The summed E-state index contributed by atoms with van der Waals surface area (Å²) in [5.74, 6) is 0. The van der Waals surface area contributed by atoms with Crippen molar-refractivity contribution in [2.24, 2.45) is 0 Å². The second-order valence-electron chi connectivity index (χ2n) is 6.90. The maximum atomic E-state index is 6.51. The normalized spacial score (nSPS) is 30.3.